The molecule has 0 saturated carbocycles. The zero-order valence-electron chi connectivity index (χ0n) is 10.3. The highest BCUT2D eigenvalue weighted by molar-refractivity contribution is 6.34. The molecular weight excluding hydrogens is 272 g/mol. The summed E-state index contributed by atoms with van der Waals surface area (Å²) in [7, 11) is 0. The Kier molecular flexibility index (Phi) is 3.20. The van der Waals surface area contributed by atoms with Crippen LogP contribution in [0.15, 0.2) is 48.8 Å². The van der Waals surface area contributed by atoms with Gasteiger partial charge in [0, 0.05) is 11.6 Å². The van der Waals surface area contributed by atoms with Crippen LogP contribution in [0.2, 0.25) is 5.02 Å². The van der Waals surface area contributed by atoms with Crippen LogP contribution < -0.4 is 5.32 Å². The van der Waals surface area contributed by atoms with E-state index in [2.05, 4.69) is 15.3 Å². The van der Waals surface area contributed by atoms with E-state index in [-0.39, 0.29) is 0 Å². The van der Waals surface area contributed by atoms with E-state index in [9.17, 15) is 0 Å². The summed E-state index contributed by atoms with van der Waals surface area (Å²) in [6.07, 6.45) is 3.25. The molecule has 0 aliphatic heterocycles. The molecule has 2 aromatic heterocycles. The molecule has 0 fully saturated rings. The number of aromatic nitrogens is 2. The molecule has 0 bridgehead atoms. The summed E-state index contributed by atoms with van der Waals surface area (Å²) in [4.78, 5) is 8.49. The molecule has 1 aromatic carbocycles. The van der Waals surface area contributed by atoms with Crippen molar-refractivity contribution in [2.75, 3.05) is 5.32 Å². The van der Waals surface area contributed by atoms with Crippen LogP contribution in [0, 0.1) is 11.3 Å². The number of anilines is 2. The number of nitriles is 1. The Bertz CT molecular complexity index is 823. The van der Waals surface area contributed by atoms with Crippen molar-refractivity contribution in [3.63, 3.8) is 0 Å². The molecule has 5 heteroatoms. The fourth-order valence-electron chi connectivity index (χ4n) is 1.89. The molecule has 0 unspecified atom stereocenters. The third-order valence-electron chi connectivity index (χ3n) is 2.86. The molecule has 0 saturated heterocycles. The van der Waals surface area contributed by atoms with Gasteiger partial charge in [0.1, 0.15) is 11.1 Å². The monoisotopic (exact) mass is 280 g/mol. The van der Waals surface area contributed by atoms with Crippen molar-refractivity contribution in [2.45, 2.75) is 0 Å². The van der Waals surface area contributed by atoms with Gasteiger partial charge in [-0.15, -0.1) is 0 Å². The second-order valence-electron chi connectivity index (χ2n) is 4.17. The average molecular weight is 281 g/mol. The third-order valence-corrected chi connectivity index (χ3v) is 3.25. The molecule has 3 rings (SSSR count). The number of halogens is 1. The van der Waals surface area contributed by atoms with Crippen LogP contribution in [-0.4, -0.2) is 9.97 Å². The van der Waals surface area contributed by atoms with Gasteiger partial charge in [0.2, 0.25) is 0 Å². The highest BCUT2D eigenvalue weighted by Gasteiger charge is 2.07. The zero-order chi connectivity index (χ0) is 13.9. The van der Waals surface area contributed by atoms with E-state index in [1.807, 2.05) is 36.4 Å². The van der Waals surface area contributed by atoms with E-state index in [0.29, 0.717) is 16.4 Å². The standard InChI is InChI=1S/C15H9ClN4/c16-14-11(8-17)5-6-18-15(14)20-12-7-10-3-1-2-4-13(10)19-9-12/h1-7,9H,(H,18,20). The van der Waals surface area contributed by atoms with Crippen molar-refractivity contribution >= 4 is 34.0 Å². The van der Waals surface area contributed by atoms with Gasteiger partial charge in [-0.05, 0) is 18.2 Å². The minimum Gasteiger partial charge on any atom is -0.338 e. The van der Waals surface area contributed by atoms with E-state index >= 15 is 0 Å². The minimum absolute atomic E-state index is 0.308. The molecule has 3 aromatic rings. The molecule has 0 amide bonds. The lowest BCUT2D eigenvalue weighted by Crippen LogP contribution is -1.96. The van der Waals surface area contributed by atoms with Crippen LogP contribution in [-0.2, 0) is 0 Å². The van der Waals surface area contributed by atoms with Crippen molar-refractivity contribution in [1.82, 2.24) is 9.97 Å². The smallest absolute Gasteiger partial charge is 0.150 e. The zero-order valence-corrected chi connectivity index (χ0v) is 11.1. The first-order valence-corrected chi connectivity index (χ1v) is 6.32. The van der Waals surface area contributed by atoms with Crippen LogP contribution >= 0.6 is 11.6 Å². The Morgan fingerprint density at radius 2 is 2.00 bits per heavy atom. The second-order valence-corrected chi connectivity index (χ2v) is 4.55. The molecule has 0 atom stereocenters. The molecule has 2 heterocycles. The summed E-state index contributed by atoms with van der Waals surface area (Å²) in [5.74, 6) is 0.447. The van der Waals surface area contributed by atoms with Gasteiger partial charge >= 0.3 is 0 Å². The van der Waals surface area contributed by atoms with Crippen LogP contribution in [0.1, 0.15) is 5.56 Å². The highest BCUT2D eigenvalue weighted by atomic mass is 35.5. The van der Waals surface area contributed by atoms with Gasteiger partial charge in [-0.2, -0.15) is 5.26 Å². The summed E-state index contributed by atoms with van der Waals surface area (Å²) in [5, 5.41) is 13.4. The number of nitrogens with zero attached hydrogens (tertiary/aromatic N) is 3. The number of fused-ring (bicyclic) bond motifs is 1. The molecule has 0 radical (unpaired) electrons. The highest BCUT2D eigenvalue weighted by Crippen LogP contribution is 2.26. The van der Waals surface area contributed by atoms with E-state index < -0.39 is 0 Å². The van der Waals surface area contributed by atoms with Gasteiger partial charge in [-0.25, -0.2) is 4.98 Å². The van der Waals surface area contributed by atoms with E-state index in [4.69, 9.17) is 16.9 Å². The number of hydrogen-bond donors (Lipinski definition) is 1. The molecular formula is C15H9ClN4. The lowest BCUT2D eigenvalue weighted by molar-refractivity contribution is 1.28. The molecule has 0 aliphatic rings. The fraction of sp³-hybridized carbons (Fsp3) is 0. The Hall–Kier alpha value is -2.64. The SMILES string of the molecule is N#Cc1ccnc(Nc2cnc3ccccc3c2)c1Cl. The van der Waals surface area contributed by atoms with Crippen LogP contribution in [0.4, 0.5) is 11.5 Å². The summed E-state index contributed by atoms with van der Waals surface area (Å²) in [6.45, 7) is 0. The topological polar surface area (TPSA) is 61.6 Å². The molecule has 1 N–H and O–H groups in total. The van der Waals surface area contributed by atoms with Crippen LogP contribution in [0.25, 0.3) is 10.9 Å². The molecule has 96 valence electrons. The second kappa shape index (κ2) is 5.16. The number of pyridine rings is 2. The van der Waals surface area contributed by atoms with E-state index in [1.54, 1.807) is 18.5 Å². The quantitative estimate of drug-likeness (QED) is 0.773. The van der Waals surface area contributed by atoms with E-state index in [0.717, 1.165) is 16.6 Å². The molecule has 4 nitrogen and oxygen atoms in total. The predicted molar refractivity (Wildman–Crippen MR) is 79.0 cm³/mol. The Morgan fingerprint density at radius 1 is 1.15 bits per heavy atom. The van der Waals surface area contributed by atoms with Crippen molar-refractivity contribution in [3.8, 4) is 6.07 Å². The minimum atomic E-state index is 0.308. The number of benzene rings is 1. The fourth-order valence-corrected chi connectivity index (χ4v) is 2.09. The molecule has 20 heavy (non-hydrogen) atoms. The molecule has 0 aliphatic carbocycles. The first-order chi connectivity index (χ1) is 9.78. The summed E-state index contributed by atoms with van der Waals surface area (Å²) in [5.41, 5.74) is 2.08. The van der Waals surface area contributed by atoms with Gasteiger partial charge in [-0.3, -0.25) is 4.98 Å². The van der Waals surface area contributed by atoms with Gasteiger partial charge in [0.05, 0.1) is 23.0 Å². The molecule has 0 spiro atoms. The number of nitrogens with one attached hydrogen (secondary N) is 1. The van der Waals surface area contributed by atoms with Gasteiger partial charge in [0.15, 0.2) is 5.82 Å². The summed E-state index contributed by atoms with van der Waals surface area (Å²) >= 11 is 6.11. The van der Waals surface area contributed by atoms with Gasteiger partial charge in [-0.1, -0.05) is 29.8 Å². The lowest BCUT2D eigenvalue weighted by Gasteiger charge is -2.08. The first-order valence-electron chi connectivity index (χ1n) is 5.94. The van der Waals surface area contributed by atoms with Crippen LogP contribution in [0.5, 0.6) is 0 Å². The predicted octanol–water partition coefficient (Wildman–Crippen LogP) is 3.90. The first kappa shape index (κ1) is 12.4. The van der Waals surface area contributed by atoms with Crippen molar-refractivity contribution < 1.29 is 0 Å². The Morgan fingerprint density at radius 3 is 2.85 bits per heavy atom. The van der Waals surface area contributed by atoms with Gasteiger partial charge in [0.25, 0.3) is 0 Å². The average Bonchev–Trinajstić information content (AvgIpc) is 2.49. The third kappa shape index (κ3) is 2.27. The number of hydrogen-bond acceptors (Lipinski definition) is 4. The summed E-state index contributed by atoms with van der Waals surface area (Å²) < 4.78 is 0. The Balaban J connectivity index is 1.99. The maximum Gasteiger partial charge on any atom is 0.150 e. The Labute approximate surface area is 120 Å². The lowest BCUT2D eigenvalue weighted by atomic mass is 10.2. The summed E-state index contributed by atoms with van der Waals surface area (Å²) in [6, 6.07) is 13.4. The number of rotatable bonds is 2. The normalized spacial score (nSPS) is 10.2. The van der Waals surface area contributed by atoms with Crippen LogP contribution in [0.3, 0.4) is 0 Å². The maximum absolute atomic E-state index is 8.95. The maximum atomic E-state index is 8.95. The van der Waals surface area contributed by atoms with Gasteiger partial charge < -0.3 is 5.32 Å². The van der Waals surface area contributed by atoms with Crippen molar-refractivity contribution in [2.24, 2.45) is 0 Å². The largest absolute Gasteiger partial charge is 0.338 e. The van der Waals surface area contributed by atoms with E-state index in [1.165, 1.54) is 0 Å². The number of para-hydroxylation sites is 1. The van der Waals surface area contributed by atoms with Crippen molar-refractivity contribution in [3.05, 3.63) is 59.4 Å². The van der Waals surface area contributed by atoms with Crippen molar-refractivity contribution in [1.29, 1.82) is 5.26 Å².